The molecule has 4 fully saturated rings. The van der Waals surface area contributed by atoms with Crippen LogP contribution in [0.5, 0.6) is 0 Å². The van der Waals surface area contributed by atoms with Crippen LogP contribution in [-0.2, 0) is 0 Å². The van der Waals surface area contributed by atoms with E-state index in [9.17, 15) is 0 Å². The largest absolute Gasteiger partial charge is 0.155 e. The van der Waals surface area contributed by atoms with Gasteiger partial charge >= 0.3 is 0 Å². The molecule has 0 unspecified atom stereocenters. The van der Waals surface area contributed by atoms with Gasteiger partial charge < -0.3 is 0 Å². The molecule has 2 aliphatic carbocycles. The Morgan fingerprint density at radius 1 is 0.917 bits per heavy atom. The highest BCUT2D eigenvalue weighted by Crippen LogP contribution is 2.64. The van der Waals surface area contributed by atoms with E-state index in [0.29, 0.717) is 0 Å². The van der Waals surface area contributed by atoms with Crippen molar-refractivity contribution < 1.29 is 0 Å². The van der Waals surface area contributed by atoms with E-state index in [2.05, 4.69) is 25.6 Å². The quantitative estimate of drug-likeness (QED) is 0.553. The normalized spacial score (nSPS) is 62.5. The zero-order valence-electron chi connectivity index (χ0n) is 8.10. The number of rotatable bonds is 0. The van der Waals surface area contributed by atoms with Crippen LogP contribution in [0.1, 0.15) is 46.0 Å². The fourth-order valence-corrected chi connectivity index (χ4v) is 6.83. The fourth-order valence-electron chi connectivity index (χ4n) is 4.29. The van der Waals surface area contributed by atoms with Crippen LogP contribution in [0.3, 0.4) is 0 Å². The van der Waals surface area contributed by atoms with E-state index in [1.807, 2.05) is 0 Å². The lowest BCUT2D eigenvalue weighted by molar-refractivity contribution is 0.0234. The maximum absolute atomic E-state index is 2.53. The van der Waals surface area contributed by atoms with Crippen molar-refractivity contribution in [1.29, 1.82) is 0 Å². The van der Waals surface area contributed by atoms with Crippen molar-refractivity contribution in [2.45, 2.75) is 56.5 Å². The molecular weight excluding hydrogens is 164 g/mol. The fraction of sp³-hybridized carbons (Fsp3) is 1.00. The average Bonchev–Trinajstić information content (AvgIpc) is 1.75. The summed E-state index contributed by atoms with van der Waals surface area (Å²) >= 11 is 2.30. The Labute approximate surface area is 79.5 Å². The Morgan fingerprint density at radius 3 is 1.67 bits per heavy atom. The number of thioether (sulfide) groups is 1. The standard InChI is InChI=1S/C11H18S/c1-10-3-8-5-11(2,7-10)6-9(4-10)12-8/h8-9H,3-7H2,1-2H3. The summed E-state index contributed by atoms with van der Waals surface area (Å²) in [5, 5.41) is 2.06. The van der Waals surface area contributed by atoms with Crippen LogP contribution in [0.4, 0.5) is 0 Å². The Kier molecular flexibility index (Phi) is 1.32. The molecule has 0 atom stereocenters. The molecule has 2 saturated heterocycles. The van der Waals surface area contributed by atoms with Gasteiger partial charge in [0.1, 0.15) is 0 Å². The molecule has 1 heteroatoms. The lowest BCUT2D eigenvalue weighted by Crippen LogP contribution is -2.51. The maximum Gasteiger partial charge on any atom is 0.00602 e. The van der Waals surface area contributed by atoms with Gasteiger partial charge in [0.2, 0.25) is 0 Å². The lowest BCUT2D eigenvalue weighted by atomic mass is 9.55. The summed E-state index contributed by atoms with van der Waals surface area (Å²) in [6, 6.07) is 0. The van der Waals surface area contributed by atoms with Gasteiger partial charge in [-0.05, 0) is 42.9 Å². The van der Waals surface area contributed by atoms with E-state index in [1.54, 1.807) is 0 Å². The molecule has 0 amide bonds. The SMILES string of the molecule is CC12CC3CC(C)(CC(C1)S3)C2. The minimum absolute atomic E-state index is 0.742. The molecule has 68 valence electrons. The number of hydrogen-bond donors (Lipinski definition) is 0. The molecule has 0 N–H and O–H groups in total. The molecule has 0 spiro atoms. The monoisotopic (exact) mass is 182 g/mol. The highest BCUT2D eigenvalue weighted by Gasteiger charge is 2.53. The van der Waals surface area contributed by atoms with Crippen LogP contribution in [0.15, 0.2) is 0 Å². The number of hydrogen-bond acceptors (Lipinski definition) is 1. The van der Waals surface area contributed by atoms with Crippen molar-refractivity contribution in [3.63, 3.8) is 0 Å². The van der Waals surface area contributed by atoms with Crippen molar-refractivity contribution in [1.82, 2.24) is 0 Å². The molecule has 0 aromatic rings. The van der Waals surface area contributed by atoms with Crippen molar-refractivity contribution in [3.05, 3.63) is 0 Å². The molecule has 0 nitrogen and oxygen atoms in total. The summed E-state index contributed by atoms with van der Waals surface area (Å²) in [6.45, 7) is 5.06. The average molecular weight is 182 g/mol. The molecule has 4 bridgehead atoms. The molecule has 0 aromatic heterocycles. The van der Waals surface area contributed by atoms with E-state index < -0.39 is 0 Å². The third-order valence-corrected chi connectivity index (χ3v) is 5.56. The van der Waals surface area contributed by atoms with Gasteiger partial charge in [0.25, 0.3) is 0 Å². The van der Waals surface area contributed by atoms with Crippen LogP contribution < -0.4 is 0 Å². The maximum atomic E-state index is 2.53. The van der Waals surface area contributed by atoms with E-state index in [4.69, 9.17) is 0 Å². The molecule has 12 heavy (non-hydrogen) atoms. The van der Waals surface area contributed by atoms with Gasteiger partial charge in [-0.1, -0.05) is 13.8 Å². The van der Waals surface area contributed by atoms with Crippen LogP contribution in [0.25, 0.3) is 0 Å². The summed E-state index contributed by atoms with van der Waals surface area (Å²) in [6.07, 6.45) is 7.59. The molecule has 2 saturated carbocycles. The second-order valence-electron chi connectivity index (χ2n) is 5.99. The van der Waals surface area contributed by atoms with Crippen molar-refractivity contribution in [2.24, 2.45) is 10.8 Å². The van der Waals surface area contributed by atoms with Gasteiger partial charge in [0.05, 0.1) is 0 Å². The van der Waals surface area contributed by atoms with E-state index >= 15 is 0 Å². The molecule has 2 aliphatic heterocycles. The predicted octanol–water partition coefficient (Wildman–Crippen LogP) is 3.46. The van der Waals surface area contributed by atoms with Crippen LogP contribution >= 0.6 is 11.8 Å². The van der Waals surface area contributed by atoms with Crippen LogP contribution in [-0.4, -0.2) is 10.5 Å². The van der Waals surface area contributed by atoms with Crippen molar-refractivity contribution in [3.8, 4) is 0 Å². The highest BCUT2D eigenvalue weighted by atomic mass is 32.2. The highest BCUT2D eigenvalue weighted by molar-refractivity contribution is 8.00. The Morgan fingerprint density at radius 2 is 1.33 bits per heavy atom. The van der Waals surface area contributed by atoms with Gasteiger partial charge in [0.15, 0.2) is 0 Å². The van der Waals surface area contributed by atoms with Gasteiger partial charge in [-0.15, -0.1) is 0 Å². The van der Waals surface area contributed by atoms with Crippen molar-refractivity contribution >= 4 is 11.8 Å². The predicted molar refractivity (Wildman–Crippen MR) is 54.5 cm³/mol. The second-order valence-corrected chi connectivity index (χ2v) is 7.60. The molecule has 0 aromatic carbocycles. The first kappa shape index (κ1) is 7.73. The van der Waals surface area contributed by atoms with Gasteiger partial charge in [-0.25, -0.2) is 0 Å². The summed E-state index contributed by atoms with van der Waals surface area (Å²) in [5.41, 5.74) is 1.48. The summed E-state index contributed by atoms with van der Waals surface area (Å²) in [4.78, 5) is 0. The Hall–Kier alpha value is 0.350. The summed E-state index contributed by atoms with van der Waals surface area (Å²) in [5.74, 6) is 0. The molecule has 0 radical (unpaired) electrons. The van der Waals surface area contributed by atoms with Crippen molar-refractivity contribution in [2.75, 3.05) is 0 Å². The van der Waals surface area contributed by atoms with Gasteiger partial charge in [-0.2, -0.15) is 11.8 Å². The van der Waals surface area contributed by atoms with E-state index in [0.717, 1.165) is 21.3 Å². The molecule has 4 rings (SSSR count). The third-order valence-electron chi connectivity index (χ3n) is 4.12. The van der Waals surface area contributed by atoms with Gasteiger partial charge in [0, 0.05) is 10.5 Å². The molecule has 2 heterocycles. The minimum Gasteiger partial charge on any atom is -0.155 e. The van der Waals surface area contributed by atoms with Crippen LogP contribution in [0.2, 0.25) is 0 Å². The van der Waals surface area contributed by atoms with Crippen LogP contribution in [0, 0.1) is 10.8 Å². The first-order valence-electron chi connectivity index (χ1n) is 5.23. The Balaban J connectivity index is 1.98. The first-order valence-corrected chi connectivity index (χ1v) is 6.17. The second kappa shape index (κ2) is 2.05. The smallest absolute Gasteiger partial charge is 0.00602 e. The van der Waals surface area contributed by atoms with Gasteiger partial charge in [-0.3, -0.25) is 0 Å². The third kappa shape index (κ3) is 0.982. The molecule has 4 aliphatic rings. The zero-order valence-corrected chi connectivity index (χ0v) is 8.91. The zero-order chi connectivity index (χ0) is 8.40. The summed E-state index contributed by atoms with van der Waals surface area (Å²) in [7, 11) is 0. The minimum atomic E-state index is 0.742. The topological polar surface area (TPSA) is 0 Å². The summed E-state index contributed by atoms with van der Waals surface area (Å²) < 4.78 is 0. The lowest BCUT2D eigenvalue weighted by Gasteiger charge is -2.59. The van der Waals surface area contributed by atoms with E-state index in [-0.39, 0.29) is 0 Å². The molecular formula is C11H18S. The Bertz CT molecular complexity index is 187. The van der Waals surface area contributed by atoms with E-state index in [1.165, 1.54) is 32.1 Å². The first-order chi connectivity index (χ1) is 5.57.